The van der Waals surface area contributed by atoms with Gasteiger partial charge in [0.2, 0.25) is 9.76 Å². The van der Waals surface area contributed by atoms with Crippen molar-refractivity contribution in [3.8, 4) is 17.2 Å². The maximum Gasteiger partial charge on any atom is 0.236 e. The van der Waals surface area contributed by atoms with Crippen LogP contribution in [0.3, 0.4) is 0 Å². The third-order valence-corrected chi connectivity index (χ3v) is 6.08. The number of nitrogens with zero attached hydrogens (tertiary/aromatic N) is 4. The largest absolute Gasteiger partial charge is 0.408 e. The van der Waals surface area contributed by atoms with Crippen molar-refractivity contribution in [3.63, 3.8) is 0 Å². The second-order valence-corrected chi connectivity index (χ2v) is 11.4. The highest BCUT2D eigenvalue weighted by atomic mass is 28.2. The minimum atomic E-state index is -0.483. The third-order valence-electron chi connectivity index (χ3n) is 4.85. The van der Waals surface area contributed by atoms with Crippen LogP contribution >= 0.6 is 0 Å². The Kier molecular flexibility index (Phi) is 6.16. The minimum Gasteiger partial charge on any atom is -0.408 e. The van der Waals surface area contributed by atoms with Gasteiger partial charge in [-0.25, -0.2) is 9.50 Å². The zero-order valence-corrected chi connectivity index (χ0v) is 19.9. The van der Waals surface area contributed by atoms with E-state index in [9.17, 15) is 5.26 Å². The Balaban J connectivity index is 2.21. The van der Waals surface area contributed by atoms with Gasteiger partial charge in [0.1, 0.15) is 0 Å². The maximum atomic E-state index is 9.31. The van der Waals surface area contributed by atoms with Gasteiger partial charge in [0.05, 0.1) is 18.1 Å². The molecular formula is C24H30N4OSi. The van der Waals surface area contributed by atoms with Crippen molar-refractivity contribution >= 4 is 15.4 Å². The van der Waals surface area contributed by atoms with Crippen LogP contribution in [-0.2, 0) is 16.4 Å². The lowest BCUT2D eigenvalue weighted by Crippen LogP contribution is -2.28. The molecule has 0 unspecified atom stereocenters. The first-order chi connectivity index (χ1) is 14.0. The Hall–Kier alpha value is -2.49. The molecule has 5 nitrogen and oxygen atoms in total. The van der Waals surface area contributed by atoms with Crippen LogP contribution in [-0.4, -0.2) is 24.4 Å². The molecule has 0 aliphatic heterocycles. The molecule has 0 saturated heterocycles. The van der Waals surface area contributed by atoms with Gasteiger partial charge < -0.3 is 4.43 Å². The third kappa shape index (κ3) is 4.80. The van der Waals surface area contributed by atoms with Crippen LogP contribution in [0.5, 0.6) is 0 Å². The average molecular weight is 419 g/mol. The van der Waals surface area contributed by atoms with E-state index in [1.165, 1.54) is 0 Å². The van der Waals surface area contributed by atoms with Crippen LogP contribution in [0.25, 0.3) is 16.8 Å². The van der Waals surface area contributed by atoms with Gasteiger partial charge in [-0.3, -0.25) is 0 Å². The smallest absolute Gasteiger partial charge is 0.236 e. The van der Waals surface area contributed by atoms with Crippen LogP contribution in [0.2, 0.25) is 5.04 Å². The topological polar surface area (TPSA) is 63.2 Å². The SMILES string of the molecule is CC(C)c1nc2c(-c3ccccc3CC#N)cc(C(C)(C)O[Si]C(C)(C)C)cn2n1. The molecule has 2 aromatic heterocycles. The number of benzene rings is 1. The first-order valence-corrected chi connectivity index (χ1v) is 11.2. The lowest BCUT2D eigenvalue weighted by molar-refractivity contribution is 0.109. The van der Waals surface area contributed by atoms with Gasteiger partial charge in [-0.1, -0.05) is 58.9 Å². The van der Waals surface area contributed by atoms with Crippen molar-refractivity contribution in [2.24, 2.45) is 0 Å². The molecule has 156 valence electrons. The van der Waals surface area contributed by atoms with Gasteiger partial charge in [0.25, 0.3) is 0 Å². The van der Waals surface area contributed by atoms with Crippen LogP contribution in [0.1, 0.15) is 71.3 Å². The van der Waals surface area contributed by atoms with E-state index in [0.29, 0.717) is 16.2 Å². The molecule has 0 N–H and O–H groups in total. The number of fused-ring (bicyclic) bond motifs is 1. The monoisotopic (exact) mass is 418 g/mol. The number of rotatable bonds is 6. The Morgan fingerprint density at radius 1 is 1.13 bits per heavy atom. The molecule has 3 aromatic rings. The summed E-state index contributed by atoms with van der Waals surface area (Å²) >= 11 is 0. The van der Waals surface area contributed by atoms with E-state index in [1.807, 2.05) is 28.9 Å². The standard InChI is InChI=1S/C24H30N4OSi/c1-16(2)21-26-22-20(19-11-9-8-10-17(19)12-13-25)14-18(15-28(22)27-21)24(6,7)29-30-23(3,4)5/h8-11,14-16H,12H2,1-7H3. The zero-order chi connectivity index (χ0) is 22.1. The normalized spacial score (nSPS) is 12.5. The molecule has 0 fully saturated rings. The summed E-state index contributed by atoms with van der Waals surface area (Å²) in [6.07, 6.45) is 2.38. The number of hydrogen-bond donors (Lipinski definition) is 0. The summed E-state index contributed by atoms with van der Waals surface area (Å²) in [4.78, 5) is 4.83. The van der Waals surface area contributed by atoms with Gasteiger partial charge in [0.15, 0.2) is 11.5 Å². The molecule has 2 radical (unpaired) electrons. The van der Waals surface area contributed by atoms with E-state index in [0.717, 1.165) is 33.7 Å². The molecule has 0 spiro atoms. The van der Waals surface area contributed by atoms with Gasteiger partial charge in [-0.2, -0.15) is 10.4 Å². The Bertz CT molecular complexity index is 1090. The molecule has 0 saturated carbocycles. The molecule has 2 heterocycles. The van der Waals surface area contributed by atoms with Gasteiger partial charge in [-0.15, -0.1) is 0 Å². The van der Waals surface area contributed by atoms with E-state index < -0.39 is 5.60 Å². The second kappa shape index (κ2) is 8.33. The van der Waals surface area contributed by atoms with Crippen LogP contribution < -0.4 is 0 Å². The fourth-order valence-corrected chi connectivity index (χ4v) is 3.82. The summed E-state index contributed by atoms with van der Waals surface area (Å²) in [7, 11) is 0.369. The molecule has 3 rings (SSSR count). The van der Waals surface area contributed by atoms with Crippen LogP contribution in [0.15, 0.2) is 36.5 Å². The highest BCUT2D eigenvalue weighted by molar-refractivity contribution is 6.31. The molecular weight excluding hydrogens is 388 g/mol. The molecule has 1 aromatic carbocycles. The average Bonchev–Trinajstić information content (AvgIpc) is 3.11. The number of nitriles is 1. The van der Waals surface area contributed by atoms with Crippen molar-refractivity contribution in [2.45, 2.75) is 71.4 Å². The fourth-order valence-electron chi connectivity index (χ4n) is 3.14. The van der Waals surface area contributed by atoms with Gasteiger partial charge in [0, 0.05) is 23.2 Å². The summed E-state index contributed by atoms with van der Waals surface area (Å²) in [6, 6.07) is 12.5. The summed E-state index contributed by atoms with van der Waals surface area (Å²) in [5.74, 6) is 1.03. The van der Waals surface area contributed by atoms with Crippen LogP contribution in [0, 0.1) is 11.3 Å². The molecule has 0 aliphatic carbocycles. The summed E-state index contributed by atoms with van der Waals surface area (Å²) in [6.45, 7) is 14.9. The minimum absolute atomic E-state index is 0.0989. The Morgan fingerprint density at radius 3 is 2.47 bits per heavy atom. The van der Waals surface area contributed by atoms with Crippen molar-refractivity contribution in [3.05, 3.63) is 53.5 Å². The zero-order valence-electron chi connectivity index (χ0n) is 18.9. The van der Waals surface area contributed by atoms with Crippen molar-refractivity contribution in [1.29, 1.82) is 5.26 Å². The predicted octanol–water partition coefficient (Wildman–Crippen LogP) is 5.68. The quantitative estimate of drug-likeness (QED) is 0.483. The van der Waals surface area contributed by atoms with E-state index in [2.05, 4.69) is 66.7 Å². The van der Waals surface area contributed by atoms with Gasteiger partial charge in [-0.05, 0) is 36.1 Å². The molecule has 0 aliphatic rings. The molecule has 30 heavy (non-hydrogen) atoms. The molecule has 0 amide bonds. The van der Waals surface area contributed by atoms with Crippen molar-refractivity contribution in [2.75, 3.05) is 0 Å². The van der Waals surface area contributed by atoms with Crippen molar-refractivity contribution < 1.29 is 4.43 Å². The highest BCUT2D eigenvalue weighted by Crippen LogP contribution is 2.35. The van der Waals surface area contributed by atoms with E-state index >= 15 is 0 Å². The van der Waals surface area contributed by atoms with E-state index in [-0.39, 0.29) is 11.0 Å². The maximum absolute atomic E-state index is 9.31. The van der Waals surface area contributed by atoms with E-state index in [1.54, 1.807) is 0 Å². The molecule has 0 atom stereocenters. The highest BCUT2D eigenvalue weighted by Gasteiger charge is 2.28. The summed E-state index contributed by atoms with van der Waals surface area (Å²) in [5, 5.41) is 14.2. The Labute approximate surface area is 182 Å². The second-order valence-electron chi connectivity index (χ2n) is 9.49. The predicted molar refractivity (Wildman–Crippen MR) is 121 cm³/mol. The van der Waals surface area contributed by atoms with Gasteiger partial charge >= 0.3 is 0 Å². The lowest BCUT2D eigenvalue weighted by Gasteiger charge is -2.30. The number of hydrogen-bond acceptors (Lipinski definition) is 4. The van der Waals surface area contributed by atoms with Crippen LogP contribution in [0.4, 0.5) is 0 Å². The van der Waals surface area contributed by atoms with Crippen molar-refractivity contribution in [1.82, 2.24) is 14.6 Å². The first kappa shape index (κ1) is 22.2. The van der Waals surface area contributed by atoms with E-state index in [4.69, 9.17) is 14.5 Å². The number of pyridine rings is 1. The number of aromatic nitrogens is 3. The fraction of sp³-hybridized carbons (Fsp3) is 0.458. The summed E-state index contributed by atoms with van der Waals surface area (Å²) in [5.41, 5.74) is 4.35. The lowest BCUT2D eigenvalue weighted by atomic mass is 9.93. The summed E-state index contributed by atoms with van der Waals surface area (Å²) < 4.78 is 8.24. The molecule has 0 bridgehead atoms. The Morgan fingerprint density at radius 2 is 1.83 bits per heavy atom. The molecule has 6 heteroatoms. The first-order valence-electron chi connectivity index (χ1n) is 10.3.